The number of aryl methyl sites for hydroxylation is 1. The molecule has 3 amide bonds. The first kappa shape index (κ1) is 32.8. The molecule has 13 heteroatoms. The fourth-order valence-electron chi connectivity index (χ4n) is 4.96. The van der Waals surface area contributed by atoms with E-state index in [0.29, 0.717) is 11.3 Å². The predicted molar refractivity (Wildman–Crippen MR) is 158 cm³/mol. The summed E-state index contributed by atoms with van der Waals surface area (Å²) in [5.74, 6) is -1.32. The van der Waals surface area contributed by atoms with E-state index in [0.717, 1.165) is 16.1 Å². The zero-order chi connectivity index (χ0) is 31.5. The fourth-order valence-corrected chi connectivity index (χ4v) is 5.77. The van der Waals surface area contributed by atoms with Gasteiger partial charge in [0.15, 0.2) is 12.0 Å². The third-order valence-electron chi connectivity index (χ3n) is 7.78. The summed E-state index contributed by atoms with van der Waals surface area (Å²) >= 11 is 1.51. The van der Waals surface area contributed by atoms with Gasteiger partial charge in [0.25, 0.3) is 5.91 Å². The molecule has 2 aromatic rings. The molecule has 3 N–H and O–H groups in total. The lowest BCUT2D eigenvalue weighted by Crippen LogP contribution is -2.59. The fraction of sp³-hybridized carbons (Fsp3) is 0.600. The lowest BCUT2D eigenvalue weighted by molar-refractivity contribution is -0.145. The normalized spacial score (nSPS) is 20.2. The van der Waals surface area contributed by atoms with Gasteiger partial charge in [0.05, 0.1) is 22.2 Å². The molecule has 0 bridgehead atoms. The largest absolute Gasteiger partial charge is 0.488 e. The minimum absolute atomic E-state index is 0.0335. The zero-order valence-corrected chi connectivity index (χ0v) is 26.3. The van der Waals surface area contributed by atoms with Crippen molar-refractivity contribution in [3.63, 3.8) is 0 Å². The average Bonchev–Trinajstić information content (AvgIpc) is 3.37. The molecule has 0 spiro atoms. The van der Waals surface area contributed by atoms with Crippen molar-refractivity contribution in [3.8, 4) is 16.2 Å². The maximum absolute atomic E-state index is 14.4. The van der Waals surface area contributed by atoms with E-state index >= 15 is 0 Å². The minimum atomic E-state index is -1.95. The van der Waals surface area contributed by atoms with Crippen molar-refractivity contribution in [1.82, 2.24) is 20.5 Å². The number of carbonyl (C=O) groups is 3. The van der Waals surface area contributed by atoms with Crippen LogP contribution in [0.5, 0.6) is 5.75 Å². The topological polar surface area (TPSA) is 139 Å². The Labute approximate surface area is 255 Å². The van der Waals surface area contributed by atoms with E-state index in [2.05, 4.69) is 15.6 Å². The number of β-amino-alcohol motifs (C(OH)–C–C–N with tert-alkyl or cyclic N) is 1. The second kappa shape index (κ2) is 13.2. The molecule has 2 fully saturated rings. The van der Waals surface area contributed by atoms with Crippen LogP contribution in [0.1, 0.15) is 51.3 Å². The van der Waals surface area contributed by atoms with E-state index in [4.69, 9.17) is 14.2 Å². The molecule has 1 aliphatic carbocycles. The van der Waals surface area contributed by atoms with Crippen LogP contribution < -0.4 is 15.4 Å². The Balaban J connectivity index is 1.50. The first-order chi connectivity index (χ1) is 20.3. The number of aliphatic hydroxyl groups is 1. The Kier molecular flexibility index (Phi) is 10.1. The summed E-state index contributed by atoms with van der Waals surface area (Å²) in [5.41, 5.74) is 1.52. The summed E-state index contributed by atoms with van der Waals surface area (Å²) in [6.45, 7) is 7.30. The van der Waals surface area contributed by atoms with Crippen molar-refractivity contribution in [1.29, 1.82) is 0 Å². The smallest absolute Gasteiger partial charge is 0.258 e. The van der Waals surface area contributed by atoms with E-state index in [1.807, 2.05) is 25.1 Å². The maximum Gasteiger partial charge on any atom is 0.258 e. The number of nitrogens with zero attached hydrogens (tertiary/aromatic N) is 2. The number of thiazole rings is 1. The van der Waals surface area contributed by atoms with Crippen LogP contribution in [0.4, 0.5) is 4.39 Å². The van der Waals surface area contributed by atoms with Gasteiger partial charge in [-0.05, 0) is 36.8 Å². The Morgan fingerprint density at radius 1 is 1.23 bits per heavy atom. The van der Waals surface area contributed by atoms with Crippen molar-refractivity contribution in [3.05, 3.63) is 35.0 Å². The van der Waals surface area contributed by atoms with Crippen molar-refractivity contribution in [2.24, 2.45) is 5.41 Å². The number of likely N-dealkylation sites (tertiary alicyclic amines) is 1. The standard InChI is InChI=1S/C30H41FN4O7S/c1-17-24(43-16-33-17)18-7-8-19(22(11-18)42-15-23(40-5)41-6)13-32-26(37)21-12-20(36)14-35(21)27(38)25(29(2,3)4)34-28(39)30(31)9-10-30/h7-8,11,16,20-21,23,25,36H,9-10,12-15H2,1-6H3,(H,32,37)(H,34,39)/t20-,21+,25-/m1/s1. The molecule has 43 heavy (non-hydrogen) atoms. The number of aliphatic hydroxyl groups excluding tert-OH is 1. The summed E-state index contributed by atoms with van der Waals surface area (Å²) in [4.78, 5) is 46.3. The molecular weight excluding hydrogens is 579 g/mol. The summed E-state index contributed by atoms with van der Waals surface area (Å²) in [6, 6.07) is 3.59. The van der Waals surface area contributed by atoms with Crippen molar-refractivity contribution >= 4 is 29.1 Å². The summed E-state index contributed by atoms with van der Waals surface area (Å²) in [6.07, 6.45) is -1.25. The molecular formula is C30H41FN4O7S. The van der Waals surface area contributed by atoms with Crippen LogP contribution in [-0.2, 0) is 30.4 Å². The highest BCUT2D eigenvalue weighted by atomic mass is 32.1. The lowest BCUT2D eigenvalue weighted by Gasteiger charge is -2.35. The molecule has 236 valence electrons. The van der Waals surface area contributed by atoms with Crippen molar-refractivity contribution in [2.45, 2.75) is 83.6 Å². The van der Waals surface area contributed by atoms with Crippen LogP contribution in [0.15, 0.2) is 23.7 Å². The lowest BCUT2D eigenvalue weighted by atomic mass is 9.85. The predicted octanol–water partition coefficient (Wildman–Crippen LogP) is 2.73. The van der Waals surface area contributed by atoms with Gasteiger partial charge >= 0.3 is 0 Å². The average molecular weight is 621 g/mol. The number of nitrogens with one attached hydrogen (secondary N) is 2. The summed E-state index contributed by atoms with van der Waals surface area (Å²) in [7, 11) is 3.02. The SMILES string of the molecule is COC(COc1cc(-c2scnc2C)ccc1CNC(=O)[C@@H]1C[C@@H](O)CN1C(=O)[C@@H](NC(=O)C1(F)CC1)C(C)(C)C)OC. The van der Waals surface area contributed by atoms with Crippen LogP contribution in [0.3, 0.4) is 0 Å². The molecule has 1 aromatic heterocycles. The molecule has 2 heterocycles. The number of amides is 3. The van der Waals surface area contributed by atoms with Crippen LogP contribution >= 0.6 is 11.3 Å². The number of aromatic nitrogens is 1. The highest BCUT2D eigenvalue weighted by Gasteiger charge is 2.53. The first-order valence-electron chi connectivity index (χ1n) is 14.2. The Morgan fingerprint density at radius 2 is 1.93 bits per heavy atom. The number of halogens is 1. The third-order valence-corrected chi connectivity index (χ3v) is 8.76. The van der Waals surface area contributed by atoms with Gasteiger partial charge in [-0.15, -0.1) is 11.3 Å². The Hall–Kier alpha value is -3.13. The molecule has 0 radical (unpaired) electrons. The molecule has 11 nitrogen and oxygen atoms in total. The van der Waals surface area contributed by atoms with E-state index in [-0.39, 0.29) is 39.0 Å². The number of ether oxygens (including phenoxy) is 3. The van der Waals surface area contributed by atoms with Gasteiger partial charge in [0, 0.05) is 39.3 Å². The van der Waals surface area contributed by atoms with Gasteiger partial charge < -0.3 is 34.9 Å². The first-order valence-corrected chi connectivity index (χ1v) is 15.1. The highest BCUT2D eigenvalue weighted by molar-refractivity contribution is 7.13. The van der Waals surface area contributed by atoms with E-state index < -0.39 is 53.3 Å². The quantitative estimate of drug-likeness (QED) is 0.308. The van der Waals surface area contributed by atoms with Crippen LogP contribution in [0.25, 0.3) is 10.4 Å². The molecule has 3 atom stereocenters. The van der Waals surface area contributed by atoms with Crippen LogP contribution in [0.2, 0.25) is 0 Å². The Morgan fingerprint density at radius 3 is 2.51 bits per heavy atom. The van der Waals surface area contributed by atoms with E-state index in [1.54, 1.807) is 26.3 Å². The second-order valence-electron chi connectivity index (χ2n) is 12.2. The zero-order valence-electron chi connectivity index (χ0n) is 25.4. The number of hydrogen-bond donors (Lipinski definition) is 3. The molecule has 1 aromatic carbocycles. The van der Waals surface area contributed by atoms with Gasteiger partial charge in [-0.1, -0.05) is 32.9 Å². The summed E-state index contributed by atoms with van der Waals surface area (Å²) < 4.78 is 31.0. The number of alkyl halides is 1. The van der Waals surface area contributed by atoms with Crippen molar-refractivity contribution in [2.75, 3.05) is 27.4 Å². The Bertz CT molecular complexity index is 1320. The number of carbonyl (C=O) groups excluding carboxylic acids is 3. The molecule has 1 saturated carbocycles. The van der Waals surface area contributed by atoms with E-state index in [9.17, 15) is 23.9 Å². The van der Waals surface area contributed by atoms with E-state index in [1.165, 1.54) is 30.5 Å². The molecule has 1 saturated heterocycles. The molecule has 2 aliphatic rings. The highest BCUT2D eigenvalue weighted by Crippen LogP contribution is 2.40. The van der Waals surface area contributed by atoms with Gasteiger partial charge in [0.2, 0.25) is 11.8 Å². The molecule has 4 rings (SSSR count). The number of rotatable bonds is 12. The maximum atomic E-state index is 14.4. The molecule has 0 unspecified atom stereocenters. The van der Waals surface area contributed by atoms with Crippen LogP contribution in [0, 0.1) is 12.3 Å². The number of methoxy groups -OCH3 is 2. The minimum Gasteiger partial charge on any atom is -0.488 e. The van der Waals surface area contributed by atoms with Crippen molar-refractivity contribution < 1.29 is 38.1 Å². The van der Waals surface area contributed by atoms with Gasteiger partial charge in [0.1, 0.15) is 24.4 Å². The van der Waals surface area contributed by atoms with Crippen LogP contribution in [-0.4, -0.2) is 90.2 Å². The third kappa shape index (κ3) is 7.69. The van der Waals surface area contributed by atoms with Gasteiger partial charge in [-0.3, -0.25) is 14.4 Å². The second-order valence-corrected chi connectivity index (χ2v) is 13.0. The summed E-state index contributed by atoms with van der Waals surface area (Å²) in [5, 5.41) is 15.9. The molecule has 1 aliphatic heterocycles. The van der Waals surface area contributed by atoms with Gasteiger partial charge in [-0.25, -0.2) is 9.37 Å². The monoisotopic (exact) mass is 620 g/mol. The number of benzene rings is 1. The number of hydrogen-bond acceptors (Lipinski definition) is 9. The van der Waals surface area contributed by atoms with Gasteiger partial charge in [-0.2, -0.15) is 0 Å².